The van der Waals surface area contributed by atoms with Crippen molar-refractivity contribution in [1.29, 1.82) is 0 Å². The highest BCUT2D eigenvalue weighted by molar-refractivity contribution is 6.42. The molecule has 21 heavy (non-hydrogen) atoms. The standard InChI is InChI=1S/C15H21Cl2N3O/c16-13-4-3-12(8-14(13)17)19-15(21)10-20-7-1-2-11(9-20)5-6-18/h3-4,8,11H,1-2,5-7,9-10,18H2,(H,19,21). The molecular weight excluding hydrogens is 309 g/mol. The molecule has 0 bridgehead atoms. The molecule has 3 N–H and O–H groups in total. The van der Waals surface area contributed by atoms with Crippen LogP contribution in [-0.4, -0.2) is 37.0 Å². The maximum absolute atomic E-state index is 12.1. The summed E-state index contributed by atoms with van der Waals surface area (Å²) in [6.45, 7) is 3.04. The van der Waals surface area contributed by atoms with Crippen LogP contribution < -0.4 is 11.1 Å². The van der Waals surface area contributed by atoms with Crippen LogP contribution in [0.3, 0.4) is 0 Å². The molecule has 1 unspecified atom stereocenters. The van der Waals surface area contributed by atoms with Gasteiger partial charge in [-0.3, -0.25) is 9.69 Å². The summed E-state index contributed by atoms with van der Waals surface area (Å²) in [4.78, 5) is 14.3. The Kier molecular flexibility index (Phi) is 6.30. The van der Waals surface area contributed by atoms with Crippen LogP contribution >= 0.6 is 23.2 Å². The smallest absolute Gasteiger partial charge is 0.238 e. The second kappa shape index (κ2) is 7.99. The number of nitrogens with two attached hydrogens (primary N) is 1. The zero-order valence-corrected chi connectivity index (χ0v) is 13.5. The molecular formula is C15H21Cl2N3O. The normalized spacial score (nSPS) is 19.5. The van der Waals surface area contributed by atoms with Gasteiger partial charge in [0.25, 0.3) is 0 Å². The summed E-state index contributed by atoms with van der Waals surface area (Å²) in [6, 6.07) is 5.09. The topological polar surface area (TPSA) is 58.4 Å². The number of piperidine rings is 1. The molecule has 1 heterocycles. The maximum Gasteiger partial charge on any atom is 0.238 e. The van der Waals surface area contributed by atoms with E-state index in [4.69, 9.17) is 28.9 Å². The molecule has 1 aromatic rings. The average molecular weight is 330 g/mol. The van der Waals surface area contributed by atoms with Crippen LogP contribution in [0.15, 0.2) is 18.2 Å². The van der Waals surface area contributed by atoms with E-state index in [1.807, 2.05) is 0 Å². The van der Waals surface area contributed by atoms with Gasteiger partial charge in [-0.25, -0.2) is 0 Å². The number of rotatable bonds is 5. The van der Waals surface area contributed by atoms with Gasteiger partial charge in [0.1, 0.15) is 0 Å². The van der Waals surface area contributed by atoms with Crippen molar-refractivity contribution < 1.29 is 4.79 Å². The highest BCUT2D eigenvalue weighted by Gasteiger charge is 2.21. The van der Waals surface area contributed by atoms with E-state index >= 15 is 0 Å². The second-order valence-corrected chi connectivity index (χ2v) is 6.31. The number of likely N-dealkylation sites (tertiary alicyclic amines) is 1. The van der Waals surface area contributed by atoms with Gasteiger partial charge in [-0.15, -0.1) is 0 Å². The number of anilines is 1. The average Bonchev–Trinajstić information content (AvgIpc) is 2.43. The van der Waals surface area contributed by atoms with Crippen LogP contribution in [0.25, 0.3) is 0 Å². The summed E-state index contributed by atoms with van der Waals surface area (Å²) in [5.41, 5.74) is 6.28. The molecule has 0 spiro atoms. The van der Waals surface area contributed by atoms with Crippen LogP contribution in [0.5, 0.6) is 0 Å². The van der Waals surface area contributed by atoms with Crippen LogP contribution in [-0.2, 0) is 4.79 Å². The molecule has 6 heteroatoms. The van der Waals surface area contributed by atoms with Crippen molar-refractivity contribution in [2.75, 3.05) is 31.5 Å². The van der Waals surface area contributed by atoms with E-state index in [2.05, 4.69) is 10.2 Å². The summed E-state index contributed by atoms with van der Waals surface area (Å²) < 4.78 is 0. The Balaban J connectivity index is 1.84. The molecule has 1 aliphatic rings. The minimum Gasteiger partial charge on any atom is -0.330 e. The fourth-order valence-electron chi connectivity index (χ4n) is 2.74. The largest absolute Gasteiger partial charge is 0.330 e. The van der Waals surface area contributed by atoms with E-state index in [0.29, 0.717) is 34.7 Å². The van der Waals surface area contributed by atoms with Crippen molar-refractivity contribution >= 4 is 34.8 Å². The Morgan fingerprint density at radius 3 is 2.90 bits per heavy atom. The molecule has 0 saturated carbocycles. The van der Waals surface area contributed by atoms with E-state index in [-0.39, 0.29) is 5.91 Å². The van der Waals surface area contributed by atoms with Crippen molar-refractivity contribution in [1.82, 2.24) is 4.90 Å². The first-order valence-corrected chi connectivity index (χ1v) is 8.01. The van der Waals surface area contributed by atoms with Gasteiger partial charge >= 0.3 is 0 Å². The zero-order valence-electron chi connectivity index (χ0n) is 11.9. The molecule has 1 atom stereocenters. The Labute approximate surface area is 135 Å². The lowest BCUT2D eigenvalue weighted by atomic mass is 9.95. The summed E-state index contributed by atoms with van der Waals surface area (Å²) in [5.74, 6) is 0.586. The first-order valence-electron chi connectivity index (χ1n) is 7.26. The predicted molar refractivity (Wildman–Crippen MR) is 87.9 cm³/mol. The molecule has 1 fully saturated rings. The van der Waals surface area contributed by atoms with Crippen molar-refractivity contribution in [3.8, 4) is 0 Å². The van der Waals surface area contributed by atoms with Crippen molar-refractivity contribution in [3.63, 3.8) is 0 Å². The van der Waals surface area contributed by atoms with E-state index < -0.39 is 0 Å². The summed E-state index contributed by atoms with van der Waals surface area (Å²) in [5, 5.41) is 3.78. The third kappa shape index (κ3) is 5.15. The lowest BCUT2D eigenvalue weighted by Gasteiger charge is -2.32. The van der Waals surface area contributed by atoms with Gasteiger partial charge in [-0.2, -0.15) is 0 Å². The van der Waals surface area contributed by atoms with Gasteiger partial charge in [0.05, 0.1) is 16.6 Å². The minimum absolute atomic E-state index is 0.0261. The van der Waals surface area contributed by atoms with Crippen LogP contribution in [0.2, 0.25) is 10.0 Å². The number of nitrogens with one attached hydrogen (secondary N) is 1. The molecule has 4 nitrogen and oxygen atoms in total. The van der Waals surface area contributed by atoms with Crippen LogP contribution in [0, 0.1) is 5.92 Å². The van der Waals surface area contributed by atoms with Gasteiger partial charge in [-0.05, 0) is 56.5 Å². The SMILES string of the molecule is NCCC1CCCN(CC(=O)Nc2ccc(Cl)c(Cl)c2)C1. The van der Waals surface area contributed by atoms with Gasteiger partial charge < -0.3 is 11.1 Å². The zero-order chi connectivity index (χ0) is 15.2. The summed E-state index contributed by atoms with van der Waals surface area (Å²) in [6.07, 6.45) is 3.37. The maximum atomic E-state index is 12.1. The lowest BCUT2D eigenvalue weighted by molar-refractivity contribution is -0.117. The molecule has 0 radical (unpaired) electrons. The van der Waals surface area contributed by atoms with Crippen molar-refractivity contribution in [2.45, 2.75) is 19.3 Å². The number of carbonyl (C=O) groups is 1. The highest BCUT2D eigenvalue weighted by atomic mass is 35.5. The number of halogens is 2. The number of hydrogen-bond donors (Lipinski definition) is 2. The molecule has 0 aromatic heterocycles. The molecule has 0 aliphatic carbocycles. The summed E-state index contributed by atoms with van der Waals surface area (Å²) >= 11 is 11.8. The molecule has 1 aromatic carbocycles. The van der Waals surface area contributed by atoms with Gasteiger partial charge in [-0.1, -0.05) is 23.2 Å². The fourth-order valence-corrected chi connectivity index (χ4v) is 3.04. The number of carbonyl (C=O) groups excluding carboxylic acids is 1. The monoisotopic (exact) mass is 329 g/mol. The minimum atomic E-state index is -0.0261. The van der Waals surface area contributed by atoms with Gasteiger partial charge in [0.15, 0.2) is 0 Å². The van der Waals surface area contributed by atoms with Crippen molar-refractivity contribution in [3.05, 3.63) is 28.2 Å². The first kappa shape index (κ1) is 16.6. The predicted octanol–water partition coefficient (Wildman–Crippen LogP) is 2.99. The molecule has 1 amide bonds. The molecule has 1 aliphatic heterocycles. The van der Waals surface area contributed by atoms with E-state index in [0.717, 1.165) is 25.9 Å². The van der Waals surface area contributed by atoms with E-state index in [9.17, 15) is 4.79 Å². The number of amides is 1. The van der Waals surface area contributed by atoms with E-state index in [1.165, 1.54) is 6.42 Å². The molecule has 116 valence electrons. The Morgan fingerprint density at radius 1 is 1.38 bits per heavy atom. The lowest BCUT2D eigenvalue weighted by Crippen LogP contribution is -2.40. The molecule has 1 saturated heterocycles. The van der Waals surface area contributed by atoms with Crippen molar-refractivity contribution in [2.24, 2.45) is 11.7 Å². The highest BCUT2D eigenvalue weighted by Crippen LogP contribution is 2.25. The van der Waals surface area contributed by atoms with Gasteiger partial charge in [0.2, 0.25) is 5.91 Å². The van der Waals surface area contributed by atoms with E-state index in [1.54, 1.807) is 18.2 Å². The number of benzene rings is 1. The Bertz CT molecular complexity index is 494. The Hall–Kier alpha value is -0.810. The first-order chi connectivity index (χ1) is 10.1. The number of nitrogens with zero attached hydrogens (tertiary/aromatic N) is 1. The fraction of sp³-hybridized carbons (Fsp3) is 0.533. The number of hydrogen-bond acceptors (Lipinski definition) is 3. The Morgan fingerprint density at radius 2 is 2.19 bits per heavy atom. The molecule has 2 rings (SSSR count). The van der Waals surface area contributed by atoms with Crippen LogP contribution in [0.4, 0.5) is 5.69 Å². The quantitative estimate of drug-likeness (QED) is 0.873. The second-order valence-electron chi connectivity index (χ2n) is 5.50. The van der Waals surface area contributed by atoms with Crippen LogP contribution in [0.1, 0.15) is 19.3 Å². The van der Waals surface area contributed by atoms with Gasteiger partial charge in [0, 0.05) is 12.2 Å². The summed E-state index contributed by atoms with van der Waals surface area (Å²) in [7, 11) is 0. The third-order valence-electron chi connectivity index (χ3n) is 3.75. The third-order valence-corrected chi connectivity index (χ3v) is 4.49.